The lowest BCUT2D eigenvalue weighted by molar-refractivity contribution is -0.131. The third-order valence-electron chi connectivity index (χ3n) is 6.34. The van der Waals surface area contributed by atoms with E-state index in [0.29, 0.717) is 46.3 Å². The molecule has 0 bridgehead atoms. The molecular weight excluding hydrogens is 496 g/mol. The van der Waals surface area contributed by atoms with E-state index in [-0.39, 0.29) is 37.5 Å². The molecule has 2 aromatic carbocycles. The van der Waals surface area contributed by atoms with Crippen LogP contribution in [0.15, 0.2) is 66.4 Å². The van der Waals surface area contributed by atoms with Crippen molar-refractivity contribution in [3.8, 4) is 11.5 Å². The lowest BCUT2D eigenvalue weighted by atomic mass is 9.95. The first-order valence-electron chi connectivity index (χ1n) is 11.8. The summed E-state index contributed by atoms with van der Waals surface area (Å²) in [5.74, 6) is 0.639. The van der Waals surface area contributed by atoms with Crippen LogP contribution in [-0.4, -0.2) is 68.0 Å². The minimum Gasteiger partial charge on any atom is -0.493 e. The van der Waals surface area contributed by atoms with Gasteiger partial charge in [0.25, 0.3) is 5.91 Å². The van der Waals surface area contributed by atoms with Crippen LogP contribution in [0.1, 0.15) is 17.2 Å². The maximum Gasteiger partial charge on any atom is 0.322 e. The fourth-order valence-electron chi connectivity index (χ4n) is 4.55. The number of carbonyl (C=O) groups is 3. The maximum absolute atomic E-state index is 13.5. The molecule has 194 valence electrons. The number of urea groups is 1. The number of rotatable bonds is 10. The Labute approximate surface area is 220 Å². The van der Waals surface area contributed by atoms with Crippen molar-refractivity contribution in [1.82, 2.24) is 20.4 Å². The Morgan fingerprint density at radius 1 is 1.19 bits per heavy atom. The highest BCUT2D eigenvalue weighted by molar-refractivity contribution is 6.31. The van der Waals surface area contributed by atoms with Crippen LogP contribution in [0, 0.1) is 0 Å². The molecule has 4 rings (SSSR count). The molecule has 2 aromatic rings. The third kappa shape index (κ3) is 5.41. The first-order valence-corrected chi connectivity index (χ1v) is 12.2. The quantitative estimate of drug-likeness (QED) is 0.465. The Hall–Kier alpha value is -3.98. The zero-order valence-electron chi connectivity index (χ0n) is 20.8. The standard InChI is InChI=1S/C27H29ClN4O5/c1-4-13-32-20-15-31(16-23(33)29-12-11-17-9-10-21(36-2)22(14-17)37-3)26(34)24(20)25(30-27(32)35)18-7-5-6-8-19(18)28/h4-10,14,25H,1,11-13,15-16H2,2-3H3,(H,29,33)(H,30,35). The van der Waals surface area contributed by atoms with Gasteiger partial charge in [0.1, 0.15) is 6.54 Å². The Kier molecular flexibility index (Phi) is 8.03. The highest BCUT2D eigenvalue weighted by Crippen LogP contribution is 2.38. The van der Waals surface area contributed by atoms with Crippen LogP contribution in [0.5, 0.6) is 11.5 Å². The van der Waals surface area contributed by atoms with E-state index >= 15 is 0 Å². The summed E-state index contributed by atoms with van der Waals surface area (Å²) in [7, 11) is 3.14. The van der Waals surface area contributed by atoms with Crippen LogP contribution in [0.25, 0.3) is 0 Å². The molecule has 37 heavy (non-hydrogen) atoms. The molecule has 4 amide bonds. The molecule has 2 aliphatic heterocycles. The van der Waals surface area contributed by atoms with E-state index in [2.05, 4.69) is 17.2 Å². The molecule has 10 heteroatoms. The van der Waals surface area contributed by atoms with Crippen molar-refractivity contribution in [2.75, 3.05) is 40.4 Å². The second-order valence-corrected chi connectivity index (χ2v) is 9.02. The van der Waals surface area contributed by atoms with Crippen molar-refractivity contribution in [3.63, 3.8) is 0 Å². The average molecular weight is 525 g/mol. The van der Waals surface area contributed by atoms with Gasteiger partial charge < -0.3 is 25.0 Å². The van der Waals surface area contributed by atoms with Gasteiger partial charge in [-0.1, -0.05) is 41.9 Å². The van der Waals surface area contributed by atoms with E-state index < -0.39 is 6.04 Å². The lowest BCUT2D eigenvalue weighted by Crippen LogP contribution is -2.47. The molecule has 0 aromatic heterocycles. The van der Waals surface area contributed by atoms with Gasteiger partial charge >= 0.3 is 6.03 Å². The normalized spacial score (nSPS) is 16.9. The van der Waals surface area contributed by atoms with Gasteiger partial charge in [0.2, 0.25) is 5.91 Å². The van der Waals surface area contributed by atoms with Crippen molar-refractivity contribution in [2.24, 2.45) is 0 Å². The number of hydrogen-bond acceptors (Lipinski definition) is 5. The van der Waals surface area contributed by atoms with Crippen molar-refractivity contribution in [2.45, 2.75) is 12.5 Å². The molecule has 0 fully saturated rings. The van der Waals surface area contributed by atoms with Gasteiger partial charge in [0, 0.05) is 18.1 Å². The zero-order valence-corrected chi connectivity index (χ0v) is 21.5. The molecular formula is C27H29ClN4O5. The molecule has 0 aliphatic carbocycles. The first kappa shape index (κ1) is 26.1. The van der Waals surface area contributed by atoms with Crippen molar-refractivity contribution < 1.29 is 23.9 Å². The smallest absolute Gasteiger partial charge is 0.322 e. The summed E-state index contributed by atoms with van der Waals surface area (Å²) in [6, 6.07) is 11.6. The lowest BCUT2D eigenvalue weighted by Gasteiger charge is -2.33. The molecule has 0 spiro atoms. The minimum absolute atomic E-state index is 0.136. The summed E-state index contributed by atoms with van der Waals surface area (Å²) in [5, 5.41) is 6.19. The fourth-order valence-corrected chi connectivity index (χ4v) is 4.80. The van der Waals surface area contributed by atoms with Gasteiger partial charge in [-0.3, -0.25) is 14.5 Å². The Bertz CT molecular complexity index is 1260. The number of carbonyl (C=O) groups excluding carboxylic acids is 3. The van der Waals surface area contributed by atoms with Gasteiger partial charge in [-0.15, -0.1) is 6.58 Å². The number of ether oxygens (including phenoxy) is 2. The molecule has 0 saturated heterocycles. The van der Waals surface area contributed by atoms with Crippen LogP contribution < -0.4 is 20.1 Å². The van der Waals surface area contributed by atoms with Gasteiger partial charge in [-0.25, -0.2) is 4.79 Å². The summed E-state index contributed by atoms with van der Waals surface area (Å²) in [6.07, 6.45) is 2.17. The second-order valence-electron chi connectivity index (χ2n) is 8.61. The number of benzene rings is 2. The zero-order chi connectivity index (χ0) is 26.5. The Morgan fingerprint density at radius 2 is 1.95 bits per heavy atom. The number of hydrogen-bond donors (Lipinski definition) is 2. The minimum atomic E-state index is -0.706. The van der Waals surface area contributed by atoms with Crippen molar-refractivity contribution >= 4 is 29.4 Å². The topological polar surface area (TPSA) is 100 Å². The summed E-state index contributed by atoms with van der Waals surface area (Å²) < 4.78 is 10.6. The number of amides is 4. The molecule has 1 atom stereocenters. The van der Waals surface area contributed by atoms with E-state index in [0.717, 1.165) is 5.56 Å². The van der Waals surface area contributed by atoms with Gasteiger partial charge in [-0.05, 0) is 35.7 Å². The van der Waals surface area contributed by atoms with E-state index in [1.165, 1.54) is 9.80 Å². The fraction of sp³-hybridized carbons (Fsp3) is 0.296. The number of nitrogens with one attached hydrogen (secondary N) is 2. The summed E-state index contributed by atoms with van der Waals surface area (Å²) >= 11 is 6.40. The van der Waals surface area contributed by atoms with Gasteiger partial charge in [0.05, 0.1) is 38.1 Å². The summed E-state index contributed by atoms with van der Waals surface area (Å²) in [5.41, 5.74) is 2.56. The number of halogens is 1. The summed E-state index contributed by atoms with van der Waals surface area (Å²) in [4.78, 5) is 42.0. The monoisotopic (exact) mass is 524 g/mol. The van der Waals surface area contributed by atoms with Crippen LogP contribution in [-0.2, 0) is 16.0 Å². The predicted octanol–water partition coefficient (Wildman–Crippen LogP) is 3.06. The number of methoxy groups -OCH3 is 2. The summed E-state index contributed by atoms with van der Waals surface area (Å²) in [6.45, 7) is 4.34. The first-order chi connectivity index (χ1) is 17.9. The maximum atomic E-state index is 13.5. The van der Waals surface area contributed by atoms with Crippen LogP contribution >= 0.6 is 11.6 Å². The van der Waals surface area contributed by atoms with Crippen molar-refractivity contribution in [1.29, 1.82) is 0 Å². The SMILES string of the molecule is C=CCN1C(=O)NC(c2ccccc2Cl)C2=C1CN(CC(=O)NCCc1ccc(OC)c(OC)c1)C2=O. The highest BCUT2D eigenvalue weighted by Gasteiger charge is 2.44. The number of nitrogens with zero attached hydrogens (tertiary/aromatic N) is 2. The largest absolute Gasteiger partial charge is 0.493 e. The van der Waals surface area contributed by atoms with E-state index in [9.17, 15) is 14.4 Å². The second kappa shape index (κ2) is 11.4. The Balaban J connectivity index is 1.44. The van der Waals surface area contributed by atoms with Crippen LogP contribution in [0.4, 0.5) is 4.79 Å². The van der Waals surface area contributed by atoms with E-state index in [1.807, 2.05) is 18.2 Å². The molecule has 2 N–H and O–H groups in total. The highest BCUT2D eigenvalue weighted by atomic mass is 35.5. The predicted molar refractivity (Wildman–Crippen MR) is 139 cm³/mol. The molecule has 2 aliphatic rings. The van der Waals surface area contributed by atoms with Gasteiger partial charge in [-0.2, -0.15) is 0 Å². The average Bonchev–Trinajstić information content (AvgIpc) is 3.21. The molecule has 1 unspecified atom stereocenters. The third-order valence-corrected chi connectivity index (χ3v) is 6.69. The molecule has 0 saturated carbocycles. The van der Waals surface area contributed by atoms with Crippen LogP contribution in [0.3, 0.4) is 0 Å². The van der Waals surface area contributed by atoms with E-state index in [4.69, 9.17) is 21.1 Å². The molecule has 0 radical (unpaired) electrons. The Morgan fingerprint density at radius 3 is 2.65 bits per heavy atom. The van der Waals surface area contributed by atoms with Gasteiger partial charge in [0.15, 0.2) is 11.5 Å². The van der Waals surface area contributed by atoms with E-state index in [1.54, 1.807) is 44.6 Å². The molecule has 9 nitrogen and oxygen atoms in total. The van der Waals surface area contributed by atoms with Crippen molar-refractivity contribution in [3.05, 3.63) is 82.5 Å². The molecule has 2 heterocycles. The van der Waals surface area contributed by atoms with Crippen LogP contribution in [0.2, 0.25) is 5.02 Å².